The van der Waals surface area contributed by atoms with Crippen LogP contribution in [0.3, 0.4) is 0 Å². The van der Waals surface area contributed by atoms with Crippen LogP contribution < -0.4 is 14.2 Å². The summed E-state index contributed by atoms with van der Waals surface area (Å²) >= 11 is 0. The molecular formula is C41H36O6. The first-order valence-electron chi connectivity index (χ1n) is 15.8. The second kappa shape index (κ2) is 13.8. The number of carbonyl (C=O) groups excluding carboxylic acids is 2. The Morgan fingerprint density at radius 3 is 2.02 bits per heavy atom. The lowest BCUT2D eigenvalue weighted by Crippen LogP contribution is -2.35. The van der Waals surface area contributed by atoms with Gasteiger partial charge in [0.25, 0.3) is 0 Å². The van der Waals surface area contributed by atoms with E-state index in [1.807, 2.05) is 78.9 Å². The molecule has 0 aliphatic carbocycles. The summed E-state index contributed by atoms with van der Waals surface area (Å²) in [7, 11) is 0. The van der Waals surface area contributed by atoms with Crippen LogP contribution in [0.15, 0.2) is 109 Å². The lowest BCUT2D eigenvalue weighted by atomic mass is 9.82. The minimum atomic E-state index is -1.06. The van der Waals surface area contributed by atoms with E-state index in [0.29, 0.717) is 28.7 Å². The fraction of sp³-hybridized carbons (Fsp3) is 0.171. The summed E-state index contributed by atoms with van der Waals surface area (Å²) in [6.07, 6.45) is 8.88. The molecule has 0 aromatic heterocycles. The quantitative estimate of drug-likeness (QED) is 0.0876. The molecule has 47 heavy (non-hydrogen) atoms. The standard InChI is InChI=1S/C41H36O6/c1-4-27-45-33-23-21-32(22-24-33)41(31-19-17-30(18-20-31)16-15-29-11-7-6-8-12-29)26-25-36-37(40(43)44-5-2)39(46-28(3)42)35-14-10-9-13-34(35)38(36)47-41/h6-26H,4-5,27H2,1-3H3/b16-15+. The Bertz CT molecular complexity index is 1960. The Balaban J connectivity index is 1.52. The first-order chi connectivity index (χ1) is 22.9. The van der Waals surface area contributed by atoms with Gasteiger partial charge >= 0.3 is 11.9 Å². The second-order valence-electron chi connectivity index (χ2n) is 11.2. The molecule has 1 aliphatic rings. The van der Waals surface area contributed by atoms with Gasteiger partial charge in [-0.1, -0.05) is 110 Å². The van der Waals surface area contributed by atoms with Gasteiger partial charge in [0.05, 0.1) is 13.2 Å². The van der Waals surface area contributed by atoms with Crippen LogP contribution in [0.1, 0.15) is 65.4 Å². The highest BCUT2D eigenvalue weighted by atomic mass is 16.5. The van der Waals surface area contributed by atoms with E-state index >= 15 is 0 Å². The van der Waals surface area contributed by atoms with Crippen molar-refractivity contribution < 1.29 is 28.5 Å². The zero-order valence-corrected chi connectivity index (χ0v) is 26.7. The Labute approximate surface area is 274 Å². The van der Waals surface area contributed by atoms with Gasteiger partial charge in [-0.15, -0.1) is 0 Å². The van der Waals surface area contributed by atoms with E-state index in [4.69, 9.17) is 18.9 Å². The summed E-state index contributed by atoms with van der Waals surface area (Å²) in [5.74, 6) is 0.272. The topological polar surface area (TPSA) is 71.1 Å². The summed E-state index contributed by atoms with van der Waals surface area (Å²) < 4.78 is 24.1. The number of benzene rings is 5. The minimum Gasteiger partial charge on any atom is -0.494 e. The molecule has 0 radical (unpaired) electrons. The molecule has 0 amide bonds. The Morgan fingerprint density at radius 1 is 0.766 bits per heavy atom. The normalized spacial score (nSPS) is 15.2. The van der Waals surface area contributed by atoms with Crippen LogP contribution in [0, 0.1) is 0 Å². The number of fused-ring (bicyclic) bond motifs is 3. The molecule has 5 aromatic rings. The van der Waals surface area contributed by atoms with E-state index in [-0.39, 0.29) is 17.9 Å². The number of hydrogen-bond acceptors (Lipinski definition) is 6. The number of esters is 2. The van der Waals surface area contributed by atoms with Gasteiger partial charge < -0.3 is 18.9 Å². The van der Waals surface area contributed by atoms with Crippen LogP contribution >= 0.6 is 0 Å². The van der Waals surface area contributed by atoms with Crippen LogP contribution in [-0.4, -0.2) is 25.2 Å². The van der Waals surface area contributed by atoms with Crippen LogP contribution in [0.2, 0.25) is 0 Å². The lowest BCUT2D eigenvalue weighted by Gasteiger charge is -2.37. The van der Waals surface area contributed by atoms with Crippen molar-refractivity contribution in [3.05, 3.63) is 143 Å². The zero-order chi connectivity index (χ0) is 32.8. The average molecular weight is 625 g/mol. The molecule has 0 fully saturated rings. The predicted octanol–water partition coefficient (Wildman–Crippen LogP) is 9.25. The van der Waals surface area contributed by atoms with Crippen molar-refractivity contribution in [2.45, 2.75) is 32.8 Å². The SMILES string of the molecule is CCCOc1ccc(C2(c3ccc(/C=C/c4ccccc4)cc3)C=Cc3c(C(=O)OCC)c(OC(C)=O)c4ccccc4c3O2)cc1. The summed E-state index contributed by atoms with van der Waals surface area (Å²) in [6.45, 7) is 5.90. The van der Waals surface area contributed by atoms with Crippen molar-refractivity contribution in [1.29, 1.82) is 0 Å². The molecular weight excluding hydrogens is 588 g/mol. The van der Waals surface area contributed by atoms with Gasteiger partial charge in [-0.2, -0.15) is 0 Å². The van der Waals surface area contributed by atoms with E-state index in [1.54, 1.807) is 6.92 Å². The first-order valence-corrected chi connectivity index (χ1v) is 15.8. The van der Waals surface area contributed by atoms with Crippen LogP contribution in [0.5, 0.6) is 17.2 Å². The predicted molar refractivity (Wildman–Crippen MR) is 186 cm³/mol. The maximum absolute atomic E-state index is 13.5. The Hall–Kier alpha value is -5.62. The molecule has 0 saturated heterocycles. The molecule has 6 nitrogen and oxygen atoms in total. The van der Waals surface area contributed by atoms with Crippen molar-refractivity contribution in [2.24, 2.45) is 0 Å². The van der Waals surface area contributed by atoms with Crippen LogP contribution in [0.25, 0.3) is 29.0 Å². The van der Waals surface area contributed by atoms with E-state index in [9.17, 15) is 9.59 Å². The van der Waals surface area contributed by atoms with E-state index in [1.165, 1.54) is 6.92 Å². The van der Waals surface area contributed by atoms with Gasteiger partial charge in [0.2, 0.25) is 0 Å². The summed E-state index contributed by atoms with van der Waals surface area (Å²) in [4.78, 5) is 25.7. The van der Waals surface area contributed by atoms with Crippen molar-refractivity contribution in [3.8, 4) is 17.2 Å². The van der Waals surface area contributed by atoms with Crippen LogP contribution in [0.4, 0.5) is 0 Å². The number of rotatable bonds is 10. The largest absolute Gasteiger partial charge is 0.494 e. The van der Waals surface area contributed by atoms with Crippen LogP contribution in [-0.2, 0) is 15.1 Å². The molecule has 6 heteroatoms. The number of carbonyl (C=O) groups is 2. The van der Waals surface area contributed by atoms with E-state index in [0.717, 1.165) is 34.4 Å². The minimum absolute atomic E-state index is 0.144. The molecule has 1 heterocycles. The molecule has 0 spiro atoms. The maximum atomic E-state index is 13.5. The third kappa shape index (κ3) is 6.40. The smallest absolute Gasteiger partial charge is 0.342 e. The Morgan fingerprint density at radius 2 is 1.38 bits per heavy atom. The summed E-state index contributed by atoms with van der Waals surface area (Å²) in [6, 6.07) is 33.7. The number of hydrogen-bond donors (Lipinski definition) is 0. The van der Waals surface area contributed by atoms with Crippen molar-refractivity contribution >= 4 is 40.9 Å². The lowest BCUT2D eigenvalue weighted by molar-refractivity contribution is -0.131. The van der Waals surface area contributed by atoms with Gasteiger partial charge in [-0.25, -0.2) is 4.79 Å². The fourth-order valence-electron chi connectivity index (χ4n) is 5.81. The summed E-state index contributed by atoms with van der Waals surface area (Å²) in [5.41, 5.74) is 3.49. The van der Waals surface area contributed by atoms with Gasteiger partial charge in [-0.05, 0) is 48.8 Å². The maximum Gasteiger partial charge on any atom is 0.342 e. The molecule has 0 saturated carbocycles. The second-order valence-corrected chi connectivity index (χ2v) is 11.2. The van der Waals surface area contributed by atoms with Crippen molar-refractivity contribution in [1.82, 2.24) is 0 Å². The highest BCUT2D eigenvalue weighted by molar-refractivity contribution is 6.09. The van der Waals surface area contributed by atoms with Gasteiger partial charge in [-0.3, -0.25) is 4.79 Å². The molecule has 1 atom stereocenters. The van der Waals surface area contributed by atoms with E-state index in [2.05, 4.69) is 55.5 Å². The van der Waals surface area contributed by atoms with Crippen molar-refractivity contribution in [3.63, 3.8) is 0 Å². The molecule has 236 valence electrons. The molecule has 0 bridgehead atoms. The zero-order valence-electron chi connectivity index (χ0n) is 26.7. The molecule has 5 aromatic carbocycles. The highest BCUT2D eigenvalue weighted by Gasteiger charge is 2.40. The monoisotopic (exact) mass is 624 g/mol. The Kier molecular flexibility index (Phi) is 9.20. The first kappa shape index (κ1) is 31.4. The molecule has 6 rings (SSSR count). The number of ether oxygens (including phenoxy) is 4. The van der Waals surface area contributed by atoms with Crippen molar-refractivity contribution in [2.75, 3.05) is 13.2 Å². The molecule has 1 unspecified atom stereocenters. The third-order valence-electron chi connectivity index (χ3n) is 7.99. The summed E-state index contributed by atoms with van der Waals surface area (Å²) in [5, 5.41) is 1.27. The van der Waals surface area contributed by atoms with Gasteiger partial charge in [0.1, 0.15) is 17.1 Å². The van der Waals surface area contributed by atoms with E-state index < -0.39 is 17.5 Å². The average Bonchev–Trinajstić information content (AvgIpc) is 3.10. The fourth-order valence-corrected chi connectivity index (χ4v) is 5.81. The highest BCUT2D eigenvalue weighted by Crippen LogP contribution is 2.49. The van der Waals surface area contributed by atoms with Gasteiger partial charge in [0.15, 0.2) is 11.4 Å². The van der Waals surface area contributed by atoms with Gasteiger partial charge in [0, 0.05) is 34.4 Å². The molecule has 1 aliphatic heterocycles. The molecule has 0 N–H and O–H groups in total. The third-order valence-corrected chi connectivity index (χ3v) is 7.99.